The van der Waals surface area contributed by atoms with E-state index >= 15 is 0 Å². The summed E-state index contributed by atoms with van der Waals surface area (Å²) in [5.41, 5.74) is 0. The van der Waals surface area contributed by atoms with Crippen LogP contribution in [0.1, 0.15) is 0 Å². The fourth-order valence-electron chi connectivity index (χ4n) is 0.962. The first-order valence-corrected chi connectivity index (χ1v) is 5.00. The van der Waals surface area contributed by atoms with Gasteiger partial charge in [0.05, 0.1) is 0 Å². The molecular weight excluding hydrogens is 359 g/mol. The molecule has 0 spiro atoms. The van der Waals surface area contributed by atoms with Crippen molar-refractivity contribution in [2.24, 2.45) is 0 Å². The van der Waals surface area contributed by atoms with Crippen LogP contribution in [0.5, 0.6) is 0 Å². The molecule has 0 saturated heterocycles. The first kappa shape index (κ1) is 14.9. The molecular formula is C15H15Hf-3. The summed E-state index contributed by atoms with van der Waals surface area (Å²) in [6.45, 7) is 0. The third-order valence-corrected chi connectivity index (χ3v) is 1.67. The van der Waals surface area contributed by atoms with Crippen LogP contribution in [0.3, 0.4) is 0 Å². The summed E-state index contributed by atoms with van der Waals surface area (Å²) in [6.07, 6.45) is 0. The zero-order valence-electron chi connectivity index (χ0n) is 9.16. The van der Waals surface area contributed by atoms with Crippen molar-refractivity contribution >= 4 is 0 Å². The molecule has 0 atom stereocenters. The van der Waals surface area contributed by atoms with Gasteiger partial charge >= 0.3 is 0 Å². The topological polar surface area (TPSA) is 0 Å². The van der Waals surface area contributed by atoms with Gasteiger partial charge in [0.15, 0.2) is 0 Å². The van der Waals surface area contributed by atoms with Gasteiger partial charge in [-0.2, -0.15) is 54.6 Å². The molecule has 0 aliphatic carbocycles. The quantitative estimate of drug-likeness (QED) is 0.409. The maximum Gasteiger partial charge on any atom is 0 e. The van der Waals surface area contributed by atoms with Gasteiger partial charge in [0, 0.05) is 25.8 Å². The van der Waals surface area contributed by atoms with Gasteiger partial charge in [-0.05, 0) is 0 Å². The summed E-state index contributed by atoms with van der Waals surface area (Å²) in [6, 6.07) is 30.0. The molecule has 0 fully saturated rings. The van der Waals surface area contributed by atoms with Gasteiger partial charge in [-0.15, -0.1) is 0 Å². The van der Waals surface area contributed by atoms with Crippen molar-refractivity contribution < 1.29 is 25.8 Å². The first-order chi connectivity index (χ1) is 7.50. The number of hydrogen-bond acceptors (Lipinski definition) is 0. The van der Waals surface area contributed by atoms with Gasteiger partial charge < -0.3 is 0 Å². The Kier molecular flexibility index (Phi) is 11.2. The molecule has 1 heteroatoms. The van der Waals surface area contributed by atoms with E-state index in [0.29, 0.717) is 0 Å². The summed E-state index contributed by atoms with van der Waals surface area (Å²) in [4.78, 5) is 0. The molecule has 0 aromatic heterocycles. The Labute approximate surface area is 116 Å². The van der Waals surface area contributed by atoms with E-state index in [1.807, 2.05) is 91.0 Å². The zero-order valence-corrected chi connectivity index (χ0v) is 12.8. The Morgan fingerprint density at radius 1 is 0.375 bits per heavy atom. The van der Waals surface area contributed by atoms with E-state index in [0.717, 1.165) is 0 Å². The fourth-order valence-corrected chi connectivity index (χ4v) is 0.962. The average Bonchev–Trinajstić information content (AvgIpc) is 3.09. The van der Waals surface area contributed by atoms with Crippen LogP contribution in [0.15, 0.2) is 91.0 Å². The van der Waals surface area contributed by atoms with Crippen LogP contribution >= 0.6 is 0 Å². The van der Waals surface area contributed by atoms with Crippen LogP contribution < -0.4 is 0 Å². The molecule has 0 N–H and O–H groups in total. The van der Waals surface area contributed by atoms with Crippen LogP contribution in [-0.2, 0) is 25.8 Å². The van der Waals surface area contributed by atoms with E-state index < -0.39 is 0 Å². The zero-order chi connectivity index (χ0) is 10.6. The summed E-state index contributed by atoms with van der Waals surface area (Å²) >= 11 is 0. The maximum atomic E-state index is 2.00. The van der Waals surface area contributed by atoms with Crippen LogP contribution in [-0.4, -0.2) is 0 Å². The van der Waals surface area contributed by atoms with Crippen molar-refractivity contribution in [1.82, 2.24) is 0 Å². The third kappa shape index (κ3) is 9.47. The molecule has 3 aromatic rings. The molecule has 0 saturated carbocycles. The molecule has 0 heterocycles. The smallest absolute Gasteiger partial charge is 0 e. The minimum Gasteiger partial charge on any atom is -0.214 e. The van der Waals surface area contributed by atoms with E-state index in [4.69, 9.17) is 0 Å². The summed E-state index contributed by atoms with van der Waals surface area (Å²) in [5.74, 6) is 0. The fraction of sp³-hybridized carbons (Fsp3) is 0. The molecule has 0 radical (unpaired) electrons. The van der Waals surface area contributed by atoms with Gasteiger partial charge in [0.25, 0.3) is 0 Å². The monoisotopic (exact) mass is 375 g/mol. The first-order valence-electron chi connectivity index (χ1n) is 5.00. The van der Waals surface area contributed by atoms with Crippen molar-refractivity contribution in [1.29, 1.82) is 0 Å². The van der Waals surface area contributed by atoms with E-state index in [9.17, 15) is 0 Å². The predicted octanol–water partition coefficient (Wildman–Crippen LogP) is 4.21. The Bertz CT molecular complexity index is 237. The molecule has 3 aromatic carbocycles. The molecule has 16 heavy (non-hydrogen) atoms. The van der Waals surface area contributed by atoms with Crippen LogP contribution in [0.4, 0.5) is 0 Å². The molecule has 0 aliphatic heterocycles. The molecule has 0 nitrogen and oxygen atoms in total. The summed E-state index contributed by atoms with van der Waals surface area (Å²) in [5, 5.41) is 0. The second kappa shape index (κ2) is 12.0. The average molecular weight is 374 g/mol. The van der Waals surface area contributed by atoms with Crippen LogP contribution in [0.25, 0.3) is 0 Å². The van der Waals surface area contributed by atoms with Gasteiger partial charge in [-0.3, -0.25) is 0 Å². The van der Waals surface area contributed by atoms with Crippen LogP contribution in [0, 0.1) is 0 Å². The van der Waals surface area contributed by atoms with E-state index in [1.54, 1.807) is 0 Å². The Balaban J connectivity index is 0.000000205. The molecule has 0 unspecified atom stereocenters. The van der Waals surface area contributed by atoms with Gasteiger partial charge in [0.2, 0.25) is 0 Å². The van der Waals surface area contributed by atoms with E-state index in [1.165, 1.54) is 0 Å². The van der Waals surface area contributed by atoms with Gasteiger partial charge in [-0.1, -0.05) is 0 Å². The SMILES string of the molecule is [Hf].c1cc[cH-]c1.c1cc[cH-]c1.c1cc[cH-]c1. The van der Waals surface area contributed by atoms with E-state index in [-0.39, 0.29) is 25.8 Å². The third-order valence-electron chi connectivity index (χ3n) is 1.67. The predicted molar refractivity (Wildman–Crippen MR) is 66.1 cm³/mol. The summed E-state index contributed by atoms with van der Waals surface area (Å²) in [7, 11) is 0. The van der Waals surface area contributed by atoms with Crippen molar-refractivity contribution in [3.05, 3.63) is 91.0 Å². The molecule has 0 amide bonds. The maximum absolute atomic E-state index is 2.00. The Morgan fingerprint density at radius 2 is 0.562 bits per heavy atom. The van der Waals surface area contributed by atoms with Crippen molar-refractivity contribution in [2.45, 2.75) is 0 Å². The standard InChI is InChI=1S/3C5H5.Hf/c3*1-2-4-5-3-1;/h3*1-5H;/q3*-1;. The molecule has 3 rings (SSSR count). The minimum absolute atomic E-state index is 0. The van der Waals surface area contributed by atoms with Crippen molar-refractivity contribution in [3.63, 3.8) is 0 Å². The largest absolute Gasteiger partial charge is 0.214 e. The van der Waals surface area contributed by atoms with Crippen LogP contribution in [0.2, 0.25) is 0 Å². The van der Waals surface area contributed by atoms with E-state index in [2.05, 4.69) is 0 Å². The number of rotatable bonds is 0. The second-order valence-electron chi connectivity index (χ2n) is 2.89. The number of hydrogen-bond donors (Lipinski definition) is 0. The second-order valence-corrected chi connectivity index (χ2v) is 2.89. The summed E-state index contributed by atoms with van der Waals surface area (Å²) < 4.78 is 0. The van der Waals surface area contributed by atoms with Gasteiger partial charge in [-0.25, -0.2) is 36.4 Å². The Morgan fingerprint density at radius 3 is 0.625 bits per heavy atom. The van der Waals surface area contributed by atoms with Crippen molar-refractivity contribution in [3.8, 4) is 0 Å². The van der Waals surface area contributed by atoms with Gasteiger partial charge in [0.1, 0.15) is 0 Å². The molecule has 0 bridgehead atoms. The minimum atomic E-state index is 0. The normalized spacial score (nSPS) is 7.50. The Hall–Kier alpha value is -1.08. The molecule has 0 aliphatic rings. The van der Waals surface area contributed by atoms with Crippen molar-refractivity contribution in [2.75, 3.05) is 0 Å². The molecule has 82 valence electrons.